The van der Waals surface area contributed by atoms with Crippen molar-refractivity contribution in [1.29, 1.82) is 0 Å². The van der Waals surface area contributed by atoms with Crippen LogP contribution < -0.4 is 0 Å². The first-order valence-corrected chi connectivity index (χ1v) is 6.86. The Morgan fingerprint density at radius 3 is 2.91 bits per heavy atom. The number of carboxylic acid groups (broad SMARTS) is 1. The van der Waals surface area contributed by atoms with Crippen LogP contribution in [0.3, 0.4) is 0 Å². The fraction of sp³-hybridized carbons (Fsp3) is 0.429. The summed E-state index contributed by atoms with van der Waals surface area (Å²) in [6.07, 6.45) is 5.35. The third-order valence-corrected chi connectivity index (χ3v) is 3.41. The zero-order chi connectivity index (χ0) is 16.1. The van der Waals surface area contributed by atoms with Crippen LogP contribution in [0.2, 0.25) is 0 Å². The van der Waals surface area contributed by atoms with Gasteiger partial charge in [0, 0.05) is 25.7 Å². The third-order valence-electron chi connectivity index (χ3n) is 3.41. The molecule has 2 rings (SSSR count). The van der Waals surface area contributed by atoms with Gasteiger partial charge in [-0.25, -0.2) is 4.98 Å². The van der Waals surface area contributed by atoms with Crippen molar-refractivity contribution in [2.45, 2.75) is 13.1 Å². The molecule has 0 spiro atoms. The lowest BCUT2D eigenvalue weighted by atomic mass is 10.3. The summed E-state index contributed by atoms with van der Waals surface area (Å²) in [6, 6.07) is 0. The molecule has 22 heavy (non-hydrogen) atoms. The van der Waals surface area contributed by atoms with Crippen LogP contribution in [0.5, 0.6) is 0 Å². The van der Waals surface area contributed by atoms with E-state index in [4.69, 9.17) is 5.11 Å². The van der Waals surface area contributed by atoms with Crippen LogP contribution in [-0.2, 0) is 22.7 Å². The molecular weight excluding hydrogens is 288 g/mol. The molecule has 1 N–H and O–H groups in total. The molecule has 0 bridgehead atoms. The third kappa shape index (κ3) is 3.79. The van der Waals surface area contributed by atoms with Crippen LogP contribution in [-0.4, -0.2) is 69.3 Å². The van der Waals surface area contributed by atoms with Crippen molar-refractivity contribution in [2.24, 2.45) is 0 Å². The van der Waals surface area contributed by atoms with E-state index in [0.29, 0.717) is 37.7 Å². The number of hydrogen-bond donors (Lipinski definition) is 1. The summed E-state index contributed by atoms with van der Waals surface area (Å²) >= 11 is 0. The summed E-state index contributed by atoms with van der Waals surface area (Å²) in [5.74, 6) is -0.361. The maximum absolute atomic E-state index is 12.1. The van der Waals surface area contributed by atoms with Gasteiger partial charge in [-0.05, 0) is 7.05 Å². The Kier molecular flexibility index (Phi) is 5.05. The van der Waals surface area contributed by atoms with E-state index in [1.54, 1.807) is 27.5 Å². The lowest BCUT2D eigenvalue weighted by Crippen LogP contribution is -2.38. The van der Waals surface area contributed by atoms with E-state index < -0.39 is 5.97 Å². The molecule has 1 aliphatic rings. The number of hydrogen-bond acceptors (Lipinski definition) is 5. The van der Waals surface area contributed by atoms with Crippen LogP contribution in [0.4, 0.5) is 0 Å². The molecule has 0 saturated heterocycles. The monoisotopic (exact) mass is 306 g/mol. The van der Waals surface area contributed by atoms with Gasteiger partial charge in [-0.1, -0.05) is 6.08 Å². The molecule has 0 aromatic carbocycles. The number of aromatic nitrogens is 2. The summed E-state index contributed by atoms with van der Waals surface area (Å²) in [5.41, 5.74) is 0.521. The number of carbonyl (C=O) groups excluding carboxylic acids is 2. The molecule has 0 saturated carbocycles. The highest BCUT2D eigenvalue weighted by Crippen LogP contribution is 2.13. The van der Waals surface area contributed by atoms with Crippen molar-refractivity contribution < 1.29 is 19.5 Å². The van der Waals surface area contributed by atoms with Gasteiger partial charge in [-0.15, -0.1) is 0 Å². The molecule has 1 aliphatic heterocycles. The molecule has 1 amide bonds. The fourth-order valence-electron chi connectivity index (χ4n) is 2.30. The summed E-state index contributed by atoms with van der Waals surface area (Å²) in [5, 5.41) is 8.64. The standard InChI is InChI=1S/C14H18N4O4/c1-16(9-14(21)22)4-2-3-13(20)17-5-6-18-11(10-19)7-15-12(18)8-17/h2-3,7,10H,4-6,8-9H2,1H3,(H,21,22)/b3-2+. The van der Waals surface area contributed by atoms with Crippen molar-refractivity contribution in [1.82, 2.24) is 19.4 Å². The second kappa shape index (κ2) is 6.99. The van der Waals surface area contributed by atoms with Gasteiger partial charge < -0.3 is 14.6 Å². The van der Waals surface area contributed by atoms with Gasteiger partial charge in [0.2, 0.25) is 5.91 Å². The van der Waals surface area contributed by atoms with Gasteiger partial charge in [0.1, 0.15) is 11.5 Å². The van der Waals surface area contributed by atoms with Crippen molar-refractivity contribution in [2.75, 3.05) is 26.7 Å². The van der Waals surface area contributed by atoms with Gasteiger partial charge in [-0.3, -0.25) is 19.3 Å². The lowest BCUT2D eigenvalue weighted by molar-refractivity contribution is -0.137. The van der Waals surface area contributed by atoms with Crippen LogP contribution in [0.1, 0.15) is 16.3 Å². The Morgan fingerprint density at radius 2 is 2.23 bits per heavy atom. The summed E-state index contributed by atoms with van der Waals surface area (Å²) in [7, 11) is 1.67. The predicted molar refractivity (Wildman–Crippen MR) is 77.3 cm³/mol. The second-order valence-corrected chi connectivity index (χ2v) is 5.12. The van der Waals surface area contributed by atoms with Gasteiger partial charge >= 0.3 is 5.97 Å². The van der Waals surface area contributed by atoms with E-state index in [2.05, 4.69) is 4.98 Å². The van der Waals surface area contributed by atoms with E-state index in [9.17, 15) is 14.4 Å². The van der Waals surface area contributed by atoms with E-state index in [0.717, 1.165) is 6.29 Å². The number of amides is 1. The first-order chi connectivity index (χ1) is 10.5. The Labute approximate surface area is 127 Å². The van der Waals surface area contributed by atoms with Crippen LogP contribution in [0, 0.1) is 0 Å². The van der Waals surface area contributed by atoms with E-state index in [1.165, 1.54) is 12.3 Å². The summed E-state index contributed by atoms with van der Waals surface area (Å²) < 4.78 is 1.81. The molecule has 8 nitrogen and oxygen atoms in total. The number of fused-ring (bicyclic) bond motifs is 1. The molecule has 0 radical (unpaired) electrons. The molecule has 1 aromatic rings. The Hall–Kier alpha value is -2.48. The van der Waals surface area contributed by atoms with Crippen molar-refractivity contribution in [3.63, 3.8) is 0 Å². The van der Waals surface area contributed by atoms with Crippen LogP contribution >= 0.6 is 0 Å². The quantitative estimate of drug-likeness (QED) is 0.568. The molecule has 118 valence electrons. The topological polar surface area (TPSA) is 95.7 Å². The Bertz CT molecular complexity index is 608. The fourth-order valence-corrected chi connectivity index (χ4v) is 2.30. The molecule has 0 unspecified atom stereocenters. The SMILES string of the molecule is CN(C/C=C/C(=O)N1CCn2c(C=O)cnc2C1)CC(=O)O. The predicted octanol–water partition coefficient (Wildman–Crippen LogP) is -0.390. The molecule has 1 aromatic heterocycles. The summed E-state index contributed by atoms with van der Waals surface area (Å²) in [6.45, 7) is 1.73. The molecule has 0 atom stereocenters. The number of aldehydes is 1. The van der Waals surface area contributed by atoms with E-state index in [1.807, 2.05) is 0 Å². The number of carbonyl (C=O) groups is 3. The number of aliphatic carboxylic acids is 1. The Morgan fingerprint density at radius 1 is 1.45 bits per heavy atom. The van der Waals surface area contributed by atoms with Gasteiger partial charge in [-0.2, -0.15) is 0 Å². The maximum Gasteiger partial charge on any atom is 0.317 e. The van der Waals surface area contributed by atoms with E-state index in [-0.39, 0.29) is 12.5 Å². The highest BCUT2D eigenvalue weighted by atomic mass is 16.4. The second-order valence-electron chi connectivity index (χ2n) is 5.12. The molecule has 8 heteroatoms. The normalized spacial score (nSPS) is 14.4. The minimum Gasteiger partial charge on any atom is -0.480 e. The van der Waals surface area contributed by atoms with Crippen LogP contribution in [0.15, 0.2) is 18.3 Å². The van der Waals surface area contributed by atoms with Crippen molar-refractivity contribution >= 4 is 18.2 Å². The van der Waals surface area contributed by atoms with E-state index >= 15 is 0 Å². The average Bonchev–Trinajstić information content (AvgIpc) is 2.88. The molecule has 0 aliphatic carbocycles. The minimum atomic E-state index is -0.906. The first kappa shape index (κ1) is 15.9. The first-order valence-electron chi connectivity index (χ1n) is 6.86. The average molecular weight is 306 g/mol. The van der Waals surface area contributed by atoms with Crippen LogP contribution in [0.25, 0.3) is 0 Å². The maximum atomic E-state index is 12.1. The summed E-state index contributed by atoms with van der Waals surface area (Å²) in [4.78, 5) is 40.8. The zero-order valence-corrected chi connectivity index (χ0v) is 12.3. The largest absolute Gasteiger partial charge is 0.480 e. The minimum absolute atomic E-state index is 0.0752. The van der Waals surface area contributed by atoms with Crippen molar-refractivity contribution in [3.05, 3.63) is 29.9 Å². The molecule has 0 fully saturated rings. The lowest BCUT2D eigenvalue weighted by Gasteiger charge is -2.27. The zero-order valence-electron chi connectivity index (χ0n) is 12.3. The number of rotatable bonds is 6. The van der Waals surface area contributed by atoms with Gasteiger partial charge in [0.15, 0.2) is 6.29 Å². The number of likely N-dealkylation sites (N-methyl/N-ethyl adjacent to an activating group) is 1. The van der Waals surface area contributed by atoms with Crippen molar-refractivity contribution in [3.8, 4) is 0 Å². The molecular formula is C14H18N4O4. The van der Waals surface area contributed by atoms with Gasteiger partial charge in [0.25, 0.3) is 0 Å². The smallest absolute Gasteiger partial charge is 0.317 e. The highest BCUT2D eigenvalue weighted by molar-refractivity contribution is 5.87. The number of imidazole rings is 1. The highest BCUT2D eigenvalue weighted by Gasteiger charge is 2.21. The number of nitrogens with zero attached hydrogens (tertiary/aromatic N) is 4. The van der Waals surface area contributed by atoms with Gasteiger partial charge in [0.05, 0.1) is 19.3 Å². The number of carboxylic acids is 1. The molecule has 2 heterocycles. The Balaban J connectivity index is 1.89.